The summed E-state index contributed by atoms with van der Waals surface area (Å²) in [5, 5.41) is 3.28. The van der Waals surface area contributed by atoms with E-state index in [4.69, 9.17) is 0 Å². The molecule has 0 bridgehead atoms. The molecule has 0 aromatic heterocycles. The van der Waals surface area contributed by atoms with E-state index in [1.165, 1.54) is 6.07 Å². The molecule has 0 aliphatic rings. The van der Waals surface area contributed by atoms with Crippen molar-refractivity contribution in [2.45, 2.75) is 52.3 Å². The monoisotopic (exact) mass is 305 g/mol. The van der Waals surface area contributed by atoms with Crippen molar-refractivity contribution in [1.82, 2.24) is 5.32 Å². The summed E-state index contributed by atoms with van der Waals surface area (Å²) in [5.74, 6) is -0.705. The minimum atomic E-state index is -4.65. The van der Waals surface area contributed by atoms with Gasteiger partial charge in [-0.3, -0.25) is 0 Å². The molecule has 1 unspecified atom stereocenters. The first-order chi connectivity index (χ1) is 9.75. The third kappa shape index (κ3) is 5.65. The lowest BCUT2D eigenvalue weighted by molar-refractivity contribution is -0.140. The van der Waals surface area contributed by atoms with Crippen LogP contribution in [0.5, 0.6) is 0 Å². The van der Waals surface area contributed by atoms with Crippen LogP contribution in [0.1, 0.15) is 57.2 Å². The van der Waals surface area contributed by atoms with Crippen molar-refractivity contribution in [3.63, 3.8) is 0 Å². The Morgan fingerprint density at radius 3 is 2.29 bits per heavy atom. The summed E-state index contributed by atoms with van der Waals surface area (Å²) < 4.78 is 51.4. The van der Waals surface area contributed by atoms with Crippen LogP contribution in [-0.2, 0) is 6.18 Å². The molecule has 1 aromatic carbocycles. The third-order valence-electron chi connectivity index (χ3n) is 3.37. The molecular weight excluding hydrogens is 282 g/mol. The molecule has 0 saturated heterocycles. The van der Waals surface area contributed by atoms with Crippen LogP contribution in [0.4, 0.5) is 17.6 Å². The van der Waals surface area contributed by atoms with E-state index in [0.29, 0.717) is 11.5 Å². The molecule has 0 aliphatic carbocycles. The summed E-state index contributed by atoms with van der Waals surface area (Å²) in [4.78, 5) is 0. The van der Waals surface area contributed by atoms with E-state index in [9.17, 15) is 17.6 Å². The Morgan fingerprint density at radius 2 is 1.81 bits per heavy atom. The van der Waals surface area contributed by atoms with Gasteiger partial charge in [0.25, 0.3) is 0 Å². The zero-order valence-corrected chi connectivity index (χ0v) is 12.7. The van der Waals surface area contributed by atoms with Gasteiger partial charge < -0.3 is 5.32 Å². The number of benzene rings is 1. The maximum absolute atomic E-state index is 13.7. The van der Waals surface area contributed by atoms with Gasteiger partial charge in [-0.15, -0.1) is 0 Å². The Hall–Kier alpha value is -1.10. The zero-order chi connectivity index (χ0) is 16.0. The van der Waals surface area contributed by atoms with Gasteiger partial charge in [0, 0.05) is 6.04 Å². The highest BCUT2D eigenvalue weighted by Crippen LogP contribution is 2.33. The van der Waals surface area contributed by atoms with E-state index in [1.54, 1.807) is 0 Å². The summed E-state index contributed by atoms with van der Waals surface area (Å²) >= 11 is 0. The smallest absolute Gasteiger partial charge is 0.310 e. The van der Waals surface area contributed by atoms with Crippen molar-refractivity contribution in [3.8, 4) is 0 Å². The van der Waals surface area contributed by atoms with E-state index in [-0.39, 0.29) is 6.04 Å². The van der Waals surface area contributed by atoms with E-state index in [1.807, 2.05) is 6.92 Å². The van der Waals surface area contributed by atoms with Crippen LogP contribution < -0.4 is 5.32 Å². The molecule has 1 atom stereocenters. The Balaban J connectivity index is 2.94. The SMILES string of the molecule is CCCNC(CCC(C)C)c1ccc(C(F)(F)F)c(F)c1. The highest BCUT2D eigenvalue weighted by molar-refractivity contribution is 5.28. The van der Waals surface area contributed by atoms with Crippen molar-refractivity contribution in [3.05, 3.63) is 35.1 Å². The van der Waals surface area contributed by atoms with Gasteiger partial charge in [-0.1, -0.05) is 26.8 Å². The van der Waals surface area contributed by atoms with Crippen LogP contribution in [0.15, 0.2) is 18.2 Å². The highest BCUT2D eigenvalue weighted by atomic mass is 19.4. The molecule has 1 rings (SSSR count). The lowest BCUT2D eigenvalue weighted by Gasteiger charge is -2.21. The summed E-state index contributed by atoms with van der Waals surface area (Å²) in [6.45, 7) is 6.94. The lowest BCUT2D eigenvalue weighted by atomic mass is 9.96. The fourth-order valence-electron chi connectivity index (χ4n) is 2.18. The van der Waals surface area contributed by atoms with E-state index >= 15 is 0 Å². The fraction of sp³-hybridized carbons (Fsp3) is 0.625. The van der Waals surface area contributed by atoms with Gasteiger partial charge in [0.2, 0.25) is 0 Å². The topological polar surface area (TPSA) is 12.0 Å². The zero-order valence-electron chi connectivity index (χ0n) is 12.7. The van der Waals surface area contributed by atoms with Crippen molar-refractivity contribution < 1.29 is 17.6 Å². The summed E-state index contributed by atoms with van der Waals surface area (Å²) in [6.07, 6.45) is -2.01. The first kappa shape index (κ1) is 18.0. The molecule has 21 heavy (non-hydrogen) atoms. The largest absolute Gasteiger partial charge is 0.419 e. The summed E-state index contributed by atoms with van der Waals surface area (Å²) in [6, 6.07) is 3.11. The third-order valence-corrected chi connectivity index (χ3v) is 3.37. The molecule has 0 radical (unpaired) electrons. The fourth-order valence-corrected chi connectivity index (χ4v) is 2.18. The van der Waals surface area contributed by atoms with Crippen molar-refractivity contribution in [1.29, 1.82) is 0 Å². The van der Waals surface area contributed by atoms with Gasteiger partial charge in [-0.2, -0.15) is 13.2 Å². The van der Waals surface area contributed by atoms with E-state index in [2.05, 4.69) is 19.2 Å². The number of halogens is 4. The van der Waals surface area contributed by atoms with Crippen molar-refractivity contribution in [2.75, 3.05) is 6.54 Å². The van der Waals surface area contributed by atoms with Crippen LogP contribution in [0.2, 0.25) is 0 Å². The van der Waals surface area contributed by atoms with Gasteiger partial charge >= 0.3 is 6.18 Å². The number of alkyl halides is 3. The van der Waals surface area contributed by atoms with Gasteiger partial charge in [0.1, 0.15) is 5.82 Å². The second-order valence-corrected chi connectivity index (χ2v) is 5.71. The molecule has 0 spiro atoms. The average Bonchev–Trinajstić information content (AvgIpc) is 2.37. The van der Waals surface area contributed by atoms with Gasteiger partial charge in [-0.25, -0.2) is 4.39 Å². The van der Waals surface area contributed by atoms with Crippen LogP contribution in [0, 0.1) is 11.7 Å². The van der Waals surface area contributed by atoms with Crippen molar-refractivity contribution in [2.24, 2.45) is 5.92 Å². The normalized spacial score (nSPS) is 13.7. The molecule has 0 heterocycles. The number of rotatable bonds is 7. The molecule has 1 aromatic rings. The van der Waals surface area contributed by atoms with Crippen molar-refractivity contribution >= 4 is 0 Å². The van der Waals surface area contributed by atoms with Crippen LogP contribution in [0.3, 0.4) is 0 Å². The minimum absolute atomic E-state index is 0.107. The standard InChI is InChI=1S/C16H23F4N/c1-4-9-21-15(8-5-11(2)3)12-6-7-13(14(17)10-12)16(18,19)20/h6-7,10-11,15,21H,4-5,8-9H2,1-3H3. The first-order valence-electron chi connectivity index (χ1n) is 7.35. The van der Waals surface area contributed by atoms with Gasteiger partial charge in [0.15, 0.2) is 0 Å². The molecule has 1 N–H and O–H groups in total. The molecule has 1 nitrogen and oxygen atoms in total. The maximum atomic E-state index is 13.7. The minimum Gasteiger partial charge on any atom is -0.310 e. The Morgan fingerprint density at radius 1 is 1.14 bits per heavy atom. The molecule has 0 amide bonds. The average molecular weight is 305 g/mol. The predicted molar refractivity (Wildman–Crippen MR) is 76.5 cm³/mol. The maximum Gasteiger partial charge on any atom is 0.419 e. The highest BCUT2D eigenvalue weighted by Gasteiger charge is 2.34. The molecule has 0 aliphatic heterocycles. The van der Waals surface area contributed by atoms with Gasteiger partial charge in [0.05, 0.1) is 5.56 Å². The van der Waals surface area contributed by atoms with Crippen LogP contribution in [0.25, 0.3) is 0 Å². The molecule has 0 saturated carbocycles. The number of nitrogens with one attached hydrogen (secondary N) is 1. The first-order valence-corrected chi connectivity index (χ1v) is 7.35. The second kappa shape index (κ2) is 7.78. The number of hydrogen-bond donors (Lipinski definition) is 1. The van der Waals surface area contributed by atoms with E-state index < -0.39 is 17.6 Å². The van der Waals surface area contributed by atoms with Crippen LogP contribution in [-0.4, -0.2) is 6.54 Å². The quantitative estimate of drug-likeness (QED) is 0.672. The molecule has 0 fully saturated rings. The number of hydrogen-bond acceptors (Lipinski definition) is 1. The van der Waals surface area contributed by atoms with E-state index in [0.717, 1.165) is 37.9 Å². The second-order valence-electron chi connectivity index (χ2n) is 5.71. The Labute approximate surface area is 123 Å². The molecule has 120 valence electrons. The summed E-state index contributed by atoms with van der Waals surface area (Å²) in [7, 11) is 0. The Kier molecular flexibility index (Phi) is 6.65. The summed E-state index contributed by atoms with van der Waals surface area (Å²) in [5.41, 5.74) is -0.626. The predicted octanol–water partition coefficient (Wildman–Crippen LogP) is 5.32. The lowest BCUT2D eigenvalue weighted by Crippen LogP contribution is -2.23. The van der Waals surface area contributed by atoms with Gasteiger partial charge in [-0.05, 0) is 49.4 Å². The molecular formula is C16H23F4N. The Bertz CT molecular complexity index is 440. The molecule has 5 heteroatoms. The van der Waals surface area contributed by atoms with Crippen LogP contribution >= 0.6 is 0 Å².